The molecule has 0 aliphatic rings. The van der Waals surface area contributed by atoms with E-state index < -0.39 is 25.8 Å². The normalized spacial score (nSPS) is 11.6. The highest BCUT2D eigenvalue weighted by Crippen LogP contribution is 2.13. The summed E-state index contributed by atoms with van der Waals surface area (Å²) in [6.07, 6.45) is 0. The zero-order chi connectivity index (χ0) is 9.35. The maximum Gasteiger partial charge on any atom is 0.278 e. The smallest absolute Gasteiger partial charge is 0.205 e. The summed E-state index contributed by atoms with van der Waals surface area (Å²) >= 11 is 0. The van der Waals surface area contributed by atoms with Crippen LogP contribution in [0.2, 0.25) is 0 Å². The van der Waals surface area contributed by atoms with E-state index in [0.717, 1.165) is 6.07 Å². The number of nitrogens with zero attached hydrogens (tertiary/aromatic N) is 1. The van der Waals surface area contributed by atoms with Crippen LogP contribution in [0.15, 0.2) is 17.2 Å². The zero-order valence-corrected chi connectivity index (χ0v) is 7.03. The van der Waals surface area contributed by atoms with Crippen LogP contribution in [0, 0.1) is 11.8 Å². The van der Waals surface area contributed by atoms with E-state index in [0.29, 0.717) is 6.07 Å². The number of pyridine rings is 1. The molecule has 12 heavy (non-hydrogen) atoms. The van der Waals surface area contributed by atoms with E-state index in [1.54, 1.807) is 0 Å². The van der Waals surface area contributed by atoms with Crippen LogP contribution < -0.4 is 0 Å². The Kier molecular flexibility index (Phi) is 2.29. The summed E-state index contributed by atoms with van der Waals surface area (Å²) in [5.41, 5.74) is 0. The zero-order valence-electron chi connectivity index (χ0n) is 5.46. The third kappa shape index (κ3) is 1.89. The van der Waals surface area contributed by atoms with E-state index in [9.17, 15) is 17.2 Å². The number of aromatic nitrogens is 1. The van der Waals surface area contributed by atoms with Gasteiger partial charge < -0.3 is 0 Å². The molecule has 66 valence electrons. The average molecular weight is 214 g/mol. The predicted molar refractivity (Wildman–Crippen MR) is 37.2 cm³/mol. The highest BCUT2D eigenvalue weighted by molar-refractivity contribution is 8.13. The lowest BCUT2D eigenvalue weighted by atomic mass is 10.5. The van der Waals surface area contributed by atoms with E-state index in [1.807, 2.05) is 0 Å². The molecule has 0 saturated heterocycles. The van der Waals surface area contributed by atoms with Crippen molar-refractivity contribution < 1.29 is 17.2 Å². The molecule has 0 aliphatic carbocycles. The number of rotatable bonds is 1. The Morgan fingerprint density at radius 3 is 2.33 bits per heavy atom. The van der Waals surface area contributed by atoms with Gasteiger partial charge >= 0.3 is 0 Å². The first kappa shape index (κ1) is 9.34. The first-order valence-corrected chi connectivity index (χ1v) is 4.99. The molecule has 0 aromatic carbocycles. The van der Waals surface area contributed by atoms with Crippen molar-refractivity contribution >= 4 is 19.7 Å². The Bertz CT molecular complexity index is 406. The van der Waals surface area contributed by atoms with Crippen LogP contribution in [-0.2, 0) is 9.05 Å². The third-order valence-electron chi connectivity index (χ3n) is 1.03. The third-order valence-corrected chi connectivity index (χ3v) is 2.23. The SMILES string of the molecule is O=S(=O)(Cl)c1ccc(F)c(F)n1. The van der Waals surface area contributed by atoms with E-state index in [1.165, 1.54) is 0 Å². The Morgan fingerprint density at radius 1 is 1.33 bits per heavy atom. The van der Waals surface area contributed by atoms with Gasteiger partial charge in [0.25, 0.3) is 9.05 Å². The highest BCUT2D eigenvalue weighted by atomic mass is 35.7. The molecule has 1 heterocycles. The van der Waals surface area contributed by atoms with Gasteiger partial charge in [0.2, 0.25) is 5.95 Å². The fraction of sp³-hybridized carbons (Fsp3) is 0. The first-order valence-electron chi connectivity index (χ1n) is 2.68. The molecule has 0 unspecified atom stereocenters. The van der Waals surface area contributed by atoms with Gasteiger partial charge in [0, 0.05) is 10.7 Å². The molecule has 0 radical (unpaired) electrons. The molecule has 0 atom stereocenters. The van der Waals surface area contributed by atoms with Crippen LogP contribution in [0.25, 0.3) is 0 Å². The van der Waals surface area contributed by atoms with E-state index in [-0.39, 0.29) is 0 Å². The number of hydrogen-bond acceptors (Lipinski definition) is 3. The van der Waals surface area contributed by atoms with Gasteiger partial charge in [-0.15, -0.1) is 0 Å². The standard InChI is InChI=1S/C5H2ClF2NO2S/c6-12(10,11)4-2-1-3(7)5(8)9-4/h1-2H. The van der Waals surface area contributed by atoms with Crippen molar-refractivity contribution in [2.75, 3.05) is 0 Å². The molecule has 0 N–H and O–H groups in total. The van der Waals surface area contributed by atoms with Crippen molar-refractivity contribution in [3.05, 3.63) is 23.9 Å². The van der Waals surface area contributed by atoms with Crippen molar-refractivity contribution in [3.8, 4) is 0 Å². The molecule has 0 saturated carbocycles. The van der Waals surface area contributed by atoms with Crippen molar-refractivity contribution in [1.29, 1.82) is 0 Å². The Hall–Kier alpha value is -0.750. The summed E-state index contributed by atoms with van der Waals surface area (Å²) in [6.45, 7) is 0. The van der Waals surface area contributed by atoms with Crippen LogP contribution >= 0.6 is 10.7 Å². The van der Waals surface area contributed by atoms with Gasteiger partial charge in [0.05, 0.1) is 0 Å². The summed E-state index contributed by atoms with van der Waals surface area (Å²) in [4.78, 5) is 2.78. The summed E-state index contributed by atoms with van der Waals surface area (Å²) < 4.78 is 45.5. The summed E-state index contributed by atoms with van der Waals surface area (Å²) in [7, 11) is 0.716. The Morgan fingerprint density at radius 2 is 1.92 bits per heavy atom. The quantitative estimate of drug-likeness (QED) is 0.522. The molecule has 0 amide bonds. The lowest BCUT2D eigenvalue weighted by Crippen LogP contribution is -1.98. The molecular formula is C5H2ClF2NO2S. The lowest BCUT2D eigenvalue weighted by Gasteiger charge is -1.94. The molecule has 7 heteroatoms. The van der Waals surface area contributed by atoms with Gasteiger partial charge in [-0.25, -0.2) is 17.8 Å². The van der Waals surface area contributed by atoms with Gasteiger partial charge in [0.15, 0.2) is 10.8 Å². The van der Waals surface area contributed by atoms with Gasteiger partial charge in [-0.1, -0.05) is 0 Å². The summed E-state index contributed by atoms with van der Waals surface area (Å²) in [5, 5.41) is -0.705. The molecule has 0 spiro atoms. The molecule has 1 rings (SSSR count). The fourth-order valence-electron chi connectivity index (χ4n) is 0.536. The second-order valence-corrected chi connectivity index (χ2v) is 4.37. The van der Waals surface area contributed by atoms with E-state index in [2.05, 4.69) is 4.98 Å². The minimum absolute atomic E-state index is 0.637. The second kappa shape index (κ2) is 2.95. The molecule has 0 bridgehead atoms. The molecule has 3 nitrogen and oxygen atoms in total. The lowest BCUT2D eigenvalue weighted by molar-refractivity contribution is 0.469. The van der Waals surface area contributed by atoms with Gasteiger partial charge in [0.1, 0.15) is 0 Å². The highest BCUT2D eigenvalue weighted by Gasteiger charge is 2.14. The maximum absolute atomic E-state index is 12.3. The van der Waals surface area contributed by atoms with Crippen molar-refractivity contribution in [2.24, 2.45) is 0 Å². The predicted octanol–water partition coefficient (Wildman–Crippen LogP) is 1.29. The minimum Gasteiger partial charge on any atom is -0.205 e. The molecular weight excluding hydrogens is 212 g/mol. The van der Waals surface area contributed by atoms with Crippen LogP contribution in [0.1, 0.15) is 0 Å². The Labute approximate surface area is 71.4 Å². The summed E-state index contributed by atoms with van der Waals surface area (Å²) in [5.74, 6) is -2.71. The minimum atomic E-state index is -4.09. The molecule has 0 aliphatic heterocycles. The average Bonchev–Trinajstić information content (AvgIpc) is 1.92. The van der Waals surface area contributed by atoms with Gasteiger partial charge in [-0.05, 0) is 12.1 Å². The van der Waals surface area contributed by atoms with E-state index >= 15 is 0 Å². The first-order chi connectivity index (χ1) is 5.41. The van der Waals surface area contributed by atoms with E-state index in [4.69, 9.17) is 10.7 Å². The van der Waals surface area contributed by atoms with Crippen LogP contribution in [0.4, 0.5) is 8.78 Å². The monoisotopic (exact) mass is 213 g/mol. The largest absolute Gasteiger partial charge is 0.278 e. The Balaban J connectivity index is 3.33. The topological polar surface area (TPSA) is 47.0 Å². The van der Waals surface area contributed by atoms with Crippen molar-refractivity contribution in [1.82, 2.24) is 4.98 Å². The number of halogens is 3. The van der Waals surface area contributed by atoms with Crippen LogP contribution in [-0.4, -0.2) is 13.4 Å². The van der Waals surface area contributed by atoms with Gasteiger partial charge in [-0.3, -0.25) is 0 Å². The summed E-state index contributed by atoms with van der Waals surface area (Å²) in [6, 6.07) is 1.42. The van der Waals surface area contributed by atoms with Crippen molar-refractivity contribution in [3.63, 3.8) is 0 Å². The van der Waals surface area contributed by atoms with Crippen LogP contribution in [0.5, 0.6) is 0 Å². The van der Waals surface area contributed by atoms with Gasteiger partial charge in [-0.2, -0.15) is 4.39 Å². The molecule has 1 aromatic rings. The molecule has 0 fully saturated rings. The number of hydrogen-bond donors (Lipinski definition) is 0. The van der Waals surface area contributed by atoms with Crippen molar-refractivity contribution in [2.45, 2.75) is 5.03 Å². The second-order valence-electron chi connectivity index (χ2n) is 1.86. The maximum atomic E-state index is 12.3. The van der Waals surface area contributed by atoms with Crippen LogP contribution in [0.3, 0.4) is 0 Å². The molecule has 1 aromatic heterocycles. The fourth-order valence-corrected chi connectivity index (χ4v) is 1.21.